The third-order valence-corrected chi connectivity index (χ3v) is 2.39. The van der Waals surface area contributed by atoms with Crippen LogP contribution in [0.25, 0.3) is 10.7 Å². The number of anilines is 1. The Morgan fingerprint density at radius 3 is 2.92 bits per heavy atom. The molecule has 12 heavy (non-hydrogen) atoms. The lowest BCUT2D eigenvalue weighted by molar-refractivity contribution is 0.780. The van der Waals surface area contributed by atoms with Crippen molar-refractivity contribution in [2.45, 2.75) is 0 Å². The Bertz CT molecular complexity index is 376. The molecule has 2 aromatic rings. The van der Waals surface area contributed by atoms with Gasteiger partial charge in [-0.05, 0) is 11.4 Å². The summed E-state index contributed by atoms with van der Waals surface area (Å²) in [7, 11) is 1.83. The van der Waals surface area contributed by atoms with Gasteiger partial charge in [-0.15, -0.1) is 16.4 Å². The fraction of sp³-hybridized carbons (Fsp3) is 0.143. The van der Waals surface area contributed by atoms with Crippen LogP contribution in [-0.4, -0.2) is 14.8 Å². The summed E-state index contributed by atoms with van der Waals surface area (Å²) in [5, 5.41) is 5.96. The summed E-state index contributed by atoms with van der Waals surface area (Å²) in [6, 6.07) is 3.97. The quantitative estimate of drug-likeness (QED) is 0.715. The SMILES string of the molecule is Cn1nc(N)nc1-c1cccs1. The van der Waals surface area contributed by atoms with E-state index in [0.29, 0.717) is 5.95 Å². The third-order valence-electron chi connectivity index (χ3n) is 1.52. The van der Waals surface area contributed by atoms with Crippen molar-refractivity contribution < 1.29 is 0 Å². The van der Waals surface area contributed by atoms with E-state index in [1.54, 1.807) is 16.0 Å². The second kappa shape index (κ2) is 2.60. The van der Waals surface area contributed by atoms with Crippen molar-refractivity contribution in [3.63, 3.8) is 0 Å². The van der Waals surface area contributed by atoms with E-state index in [2.05, 4.69) is 10.1 Å². The van der Waals surface area contributed by atoms with Gasteiger partial charge < -0.3 is 5.73 Å². The standard InChI is InChI=1S/C7H8N4S/c1-11-6(9-7(8)10-11)5-3-2-4-12-5/h2-4H,1H3,(H2,8,10). The minimum absolute atomic E-state index is 0.320. The molecule has 4 nitrogen and oxygen atoms in total. The van der Waals surface area contributed by atoms with Crippen LogP contribution in [0.4, 0.5) is 5.95 Å². The maximum absolute atomic E-state index is 5.45. The number of nitrogens with zero attached hydrogens (tertiary/aromatic N) is 3. The summed E-state index contributed by atoms with van der Waals surface area (Å²) < 4.78 is 1.68. The molecular formula is C7H8N4S. The van der Waals surface area contributed by atoms with Crippen LogP contribution in [0.15, 0.2) is 17.5 Å². The van der Waals surface area contributed by atoms with Gasteiger partial charge >= 0.3 is 0 Å². The summed E-state index contributed by atoms with van der Waals surface area (Å²) in [4.78, 5) is 5.18. The van der Waals surface area contributed by atoms with Gasteiger partial charge in [0.05, 0.1) is 4.88 Å². The van der Waals surface area contributed by atoms with Crippen molar-refractivity contribution in [1.29, 1.82) is 0 Å². The van der Waals surface area contributed by atoms with E-state index in [-0.39, 0.29) is 0 Å². The topological polar surface area (TPSA) is 56.7 Å². The summed E-state index contributed by atoms with van der Waals surface area (Å²) in [5.74, 6) is 1.14. The lowest BCUT2D eigenvalue weighted by atomic mass is 10.4. The Balaban J connectivity index is 2.54. The molecule has 0 amide bonds. The first kappa shape index (κ1) is 7.30. The highest BCUT2D eigenvalue weighted by atomic mass is 32.1. The van der Waals surface area contributed by atoms with Crippen molar-refractivity contribution in [1.82, 2.24) is 14.8 Å². The van der Waals surface area contributed by atoms with Crippen LogP contribution in [0.2, 0.25) is 0 Å². The van der Waals surface area contributed by atoms with E-state index in [1.165, 1.54) is 0 Å². The maximum atomic E-state index is 5.45. The number of rotatable bonds is 1. The van der Waals surface area contributed by atoms with Crippen LogP contribution in [0, 0.1) is 0 Å². The second-order valence-electron chi connectivity index (χ2n) is 2.39. The average molecular weight is 180 g/mol. The van der Waals surface area contributed by atoms with Crippen molar-refractivity contribution >= 4 is 17.3 Å². The molecule has 0 aromatic carbocycles. The first-order chi connectivity index (χ1) is 5.77. The molecule has 0 fully saturated rings. The molecule has 2 heterocycles. The number of hydrogen-bond acceptors (Lipinski definition) is 4. The van der Waals surface area contributed by atoms with Gasteiger partial charge in [0, 0.05) is 7.05 Å². The number of nitrogens with two attached hydrogens (primary N) is 1. The van der Waals surface area contributed by atoms with Gasteiger partial charge in [-0.2, -0.15) is 4.98 Å². The minimum Gasteiger partial charge on any atom is -0.366 e. The zero-order valence-electron chi connectivity index (χ0n) is 6.56. The molecule has 62 valence electrons. The molecule has 2 N–H and O–H groups in total. The Morgan fingerprint density at radius 2 is 2.42 bits per heavy atom. The molecule has 0 atom stereocenters. The maximum Gasteiger partial charge on any atom is 0.240 e. The minimum atomic E-state index is 0.320. The van der Waals surface area contributed by atoms with Crippen LogP contribution in [0.5, 0.6) is 0 Å². The molecule has 0 aliphatic rings. The molecular weight excluding hydrogens is 172 g/mol. The van der Waals surface area contributed by atoms with Crippen LogP contribution >= 0.6 is 11.3 Å². The molecule has 0 aliphatic heterocycles. The van der Waals surface area contributed by atoms with Crippen LogP contribution < -0.4 is 5.73 Å². The Morgan fingerprint density at radius 1 is 1.58 bits per heavy atom. The van der Waals surface area contributed by atoms with Gasteiger partial charge in [-0.3, -0.25) is 0 Å². The normalized spacial score (nSPS) is 10.4. The van der Waals surface area contributed by atoms with Crippen molar-refractivity contribution in [3.8, 4) is 10.7 Å². The van der Waals surface area contributed by atoms with E-state index in [9.17, 15) is 0 Å². The monoisotopic (exact) mass is 180 g/mol. The summed E-state index contributed by atoms with van der Waals surface area (Å²) in [5.41, 5.74) is 5.45. The van der Waals surface area contributed by atoms with Gasteiger partial charge in [0.25, 0.3) is 0 Å². The van der Waals surface area contributed by atoms with E-state index >= 15 is 0 Å². The molecule has 0 unspecified atom stereocenters. The number of aromatic nitrogens is 3. The number of thiophene rings is 1. The molecule has 5 heteroatoms. The van der Waals surface area contributed by atoms with Gasteiger partial charge in [-0.1, -0.05) is 6.07 Å². The van der Waals surface area contributed by atoms with Gasteiger partial charge in [0.15, 0.2) is 5.82 Å². The van der Waals surface area contributed by atoms with Gasteiger partial charge in [-0.25, -0.2) is 4.68 Å². The number of nitrogen functional groups attached to an aromatic ring is 1. The Labute approximate surface area is 73.7 Å². The highest BCUT2D eigenvalue weighted by Gasteiger charge is 2.06. The van der Waals surface area contributed by atoms with E-state index in [4.69, 9.17) is 5.73 Å². The fourth-order valence-electron chi connectivity index (χ4n) is 1.02. The van der Waals surface area contributed by atoms with Crippen LogP contribution in [0.3, 0.4) is 0 Å². The average Bonchev–Trinajstić information content (AvgIpc) is 2.58. The third kappa shape index (κ3) is 1.08. The van der Waals surface area contributed by atoms with Crippen molar-refractivity contribution in [2.24, 2.45) is 7.05 Å². The van der Waals surface area contributed by atoms with Gasteiger partial charge in [0.1, 0.15) is 0 Å². The first-order valence-corrected chi connectivity index (χ1v) is 4.36. The predicted molar refractivity (Wildman–Crippen MR) is 48.7 cm³/mol. The lowest BCUT2D eigenvalue weighted by Gasteiger charge is -1.92. The molecule has 0 spiro atoms. The van der Waals surface area contributed by atoms with Crippen LogP contribution in [-0.2, 0) is 7.05 Å². The molecule has 0 bridgehead atoms. The molecule has 0 saturated heterocycles. The second-order valence-corrected chi connectivity index (χ2v) is 3.34. The van der Waals surface area contributed by atoms with Crippen molar-refractivity contribution in [3.05, 3.63) is 17.5 Å². The number of hydrogen-bond donors (Lipinski definition) is 1. The zero-order chi connectivity index (χ0) is 8.55. The van der Waals surface area contributed by atoms with Crippen molar-refractivity contribution in [2.75, 3.05) is 5.73 Å². The highest BCUT2D eigenvalue weighted by molar-refractivity contribution is 7.13. The molecule has 0 aliphatic carbocycles. The van der Waals surface area contributed by atoms with E-state index in [1.807, 2.05) is 24.6 Å². The molecule has 0 saturated carbocycles. The smallest absolute Gasteiger partial charge is 0.240 e. The fourth-order valence-corrected chi connectivity index (χ4v) is 1.77. The van der Waals surface area contributed by atoms with E-state index < -0.39 is 0 Å². The molecule has 2 aromatic heterocycles. The highest BCUT2D eigenvalue weighted by Crippen LogP contribution is 2.22. The van der Waals surface area contributed by atoms with Crippen LogP contribution in [0.1, 0.15) is 0 Å². The number of aryl methyl sites for hydroxylation is 1. The molecule has 2 rings (SSSR count). The van der Waals surface area contributed by atoms with E-state index in [0.717, 1.165) is 10.7 Å². The van der Waals surface area contributed by atoms with Gasteiger partial charge in [0.2, 0.25) is 5.95 Å². The molecule has 0 radical (unpaired) electrons. The summed E-state index contributed by atoms with van der Waals surface area (Å²) in [6.07, 6.45) is 0. The predicted octanol–water partition coefficient (Wildman–Crippen LogP) is 1.13. The Kier molecular flexibility index (Phi) is 1.58. The first-order valence-electron chi connectivity index (χ1n) is 3.48. The zero-order valence-corrected chi connectivity index (χ0v) is 7.38. The largest absolute Gasteiger partial charge is 0.366 e. The Hall–Kier alpha value is -1.36. The summed E-state index contributed by atoms with van der Waals surface area (Å²) >= 11 is 1.62. The summed E-state index contributed by atoms with van der Waals surface area (Å²) in [6.45, 7) is 0. The lowest BCUT2D eigenvalue weighted by Crippen LogP contribution is -1.93.